The van der Waals surface area contributed by atoms with Gasteiger partial charge in [-0.2, -0.15) is 0 Å². The van der Waals surface area contributed by atoms with Crippen LogP contribution in [0.1, 0.15) is 46.8 Å². The molecule has 2 N–H and O–H groups in total. The number of rotatable bonds is 8. The first-order valence-electron chi connectivity index (χ1n) is 11.1. The summed E-state index contributed by atoms with van der Waals surface area (Å²) >= 11 is 0. The minimum Gasteiger partial charge on any atom is -0.357 e. The molecule has 2 aromatic carbocycles. The van der Waals surface area contributed by atoms with Crippen molar-refractivity contribution in [2.24, 2.45) is 4.99 Å². The Morgan fingerprint density at radius 2 is 1.78 bits per heavy atom. The highest BCUT2D eigenvalue weighted by Gasteiger charge is 2.20. The van der Waals surface area contributed by atoms with Gasteiger partial charge >= 0.3 is 0 Å². The maximum atomic E-state index is 12.0. The van der Waals surface area contributed by atoms with Crippen LogP contribution in [0.2, 0.25) is 0 Å². The van der Waals surface area contributed by atoms with Gasteiger partial charge in [-0.15, -0.1) is 0 Å². The SMILES string of the molecule is CCNC(=NCc1ccc(C(=O)N(C)C)cc1)NCc1ccccc1CN1CCCC1=O. The number of nitrogens with one attached hydrogen (secondary N) is 2. The number of hydrogen-bond acceptors (Lipinski definition) is 3. The number of carbonyl (C=O) groups is 2. The van der Waals surface area contributed by atoms with Crippen molar-refractivity contribution >= 4 is 17.8 Å². The molecule has 0 aromatic heterocycles. The molecule has 3 rings (SSSR count). The molecule has 1 fully saturated rings. The van der Waals surface area contributed by atoms with E-state index in [0.29, 0.717) is 31.6 Å². The Kier molecular flexibility index (Phi) is 8.25. The number of aliphatic imine (C=N–C) groups is 1. The minimum atomic E-state index is -0.00986. The van der Waals surface area contributed by atoms with E-state index in [0.717, 1.165) is 42.2 Å². The summed E-state index contributed by atoms with van der Waals surface area (Å²) in [5.41, 5.74) is 4.02. The lowest BCUT2D eigenvalue weighted by Crippen LogP contribution is -2.37. The summed E-state index contributed by atoms with van der Waals surface area (Å²) in [7, 11) is 3.49. The van der Waals surface area contributed by atoms with Crippen molar-refractivity contribution < 1.29 is 9.59 Å². The Bertz CT molecular complexity index is 953. The number of guanidine groups is 1. The molecule has 1 aliphatic heterocycles. The van der Waals surface area contributed by atoms with Gasteiger partial charge in [0, 0.05) is 52.3 Å². The van der Waals surface area contributed by atoms with Crippen LogP contribution in [0.5, 0.6) is 0 Å². The van der Waals surface area contributed by atoms with Crippen LogP contribution >= 0.6 is 0 Å². The van der Waals surface area contributed by atoms with E-state index in [4.69, 9.17) is 0 Å². The van der Waals surface area contributed by atoms with E-state index in [1.807, 2.05) is 48.2 Å². The first-order valence-corrected chi connectivity index (χ1v) is 11.1. The highest BCUT2D eigenvalue weighted by molar-refractivity contribution is 5.93. The summed E-state index contributed by atoms with van der Waals surface area (Å²) in [6.45, 7) is 5.42. The van der Waals surface area contributed by atoms with Gasteiger partial charge in [0.25, 0.3) is 5.91 Å². The van der Waals surface area contributed by atoms with Crippen LogP contribution in [-0.2, 0) is 24.4 Å². The van der Waals surface area contributed by atoms with E-state index in [9.17, 15) is 9.59 Å². The molecule has 2 aromatic rings. The maximum Gasteiger partial charge on any atom is 0.253 e. The quantitative estimate of drug-likeness (QED) is 0.494. The second-order valence-corrected chi connectivity index (χ2v) is 8.13. The molecule has 2 amide bonds. The summed E-state index contributed by atoms with van der Waals surface area (Å²) < 4.78 is 0. The second-order valence-electron chi connectivity index (χ2n) is 8.13. The number of hydrogen-bond donors (Lipinski definition) is 2. The fraction of sp³-hybridized carbons (Fsp3) is 0.400. The summed E-state index contributed by atoms with van der Waals surface area (Å²) in [5, 5.41) is 6.68. The zero-order chi connectivity index (χ0) is 22.9. The lowest BCUT2D eigenvalue weighted by atomic mass is 10.1. The third kappa shape index (κ3) is 6.33. The molecule has 0 unspecified atom stereocenters. The molecule has 1 heterocycles. The summed E-state index contributed by atoms with van der Waals surface area (Å²) in [4.78, 5) is 32.2. The van der Waals surface area contributed by atoms with Crippen molar-refractivity contribution in [3.05, 3.63) is 70.8 Å². The third-order valence-electron chi connectivity index (χ3n) is 5.47. The second kappa shape index (κ2) is 11.3. The van der Waals surface area contributed by atoms with Crippen LogP contribution in [0.4, 0.5) is 0 Å². The molecule has 0 radical (unpaired) electrons. The lowest BCUT2D eigenvalue weighted by Gasteiger charge is -2.19. The van der Waals surface area contributed by atoms with E-state index in [1.165, 1.54) is 0 Å². The predicted octanol–water partition coefficient (Wildman–Crippen LogP) is 2.77. The van der Waals surface area contributed by atoms with Crippen molar-refractivity contribution in [2.75, 3.05) is 27.2 Å². The first-order chi connectivity index (χ1) is 15.5. The topological polar surface area (TPSA) is 77.0 Å². The normalized spacial score (nSPS) is 13.9. The van der Waals surface area contributed by atoms with Gasteiger partial charge in [0.15, 0.2) is 5.96 Å². The van der Waals surface area contributed by atoms with Gasteiger partial charge < -0.3 is 20.4 Å². The van der Waals surface area contributed by atoms with E-state index < -0.39 is 0 Å². The Balaban J connectivity index is 1.62. The molecular formula is C25H33N5O2. The number of nitrogens with zero attached hydrogens (tertiary/aromatic N) is 3. The monoisotopic (exact) mass is 435 g/mol. The summed E-state index contributed by atoms with van der Waals surface area (Å²) in [6.07, 6.45) is 1.60. The van der Waals surface area contributed by atoms with E-state index in [2.05, 4.69) is 27.8 Å². The number of carbonyl (C=O) groups excluding carboxylic acids is 2. The van der Waals surface area contributed by atoms with Gasteiger partial charge in [0.05, 0.1) is 6.54 Å². The highest BCUT2D eigenvalue weighted by Crippen LogP contribution is 2.17. The van der Waals surface area contributed by atoms with E-state index >= 15 is 0 Å². The smallest absolute Gasteiger partial charge is 0.253 e. The van der Waals surface area contributed by atoms with Crippen molar-refractivity contribution in [2.45, 2.75) is 39.4 Å². The van der Waals surface area contributed by atoms with Gasteiger partial charge in [-0.25, -0.2) is 4.99 Å². The Labute approximate surface area is 190 Å². The van der Waals surface area contributed by atoms with Crippen molar-refractivity contribution in [3.63, 3.8) is 0 Å². The Hall–Kier alpha value is -3.35. The van der Waals surface area contributed by atoms with Crippen molar-refractivity contribution in [1.82, 2.24) is 20.4 Å². The molecule has 1 saturated heterocycles. The zero-order valence-corrected chi connectivity index (χ0v) is 19.2. The van der Waals surface area contributed by atoms with Gasteiger partial charge in [-0.3, -0.25) is 9.59 Å². The predicted molar refractivity (Wildman–Crippen MR) is 127 cm³/mol. The standard InChI is InChI=1S/C25H33N5O2/c1-4-26-25(27-16-19-11-13-20(14-12-19)24(32)29(2)3)28-17-21-8-5-6-9-22(21)18-30-15-7-10-23(30)31/h5-6,8-9,11-14H,4,7,10,15-18H2,1-3H3,(H2,26,27,28). The minimum absolute atomic E-state index is 0.00986. The molecule has 0 bridgehead atoms. The van der Waals surface area contributed by atoms with Gasteiger partial charge in [-0.05, 0) is 42.2 Å². The van der Waals surface area contributed by atoms with Crippen LogP contribution in [0.3, 0.4) is 0 Å². The summed E-state index contributed by atoms with van der Waals surface area (Å²) in [5.74, 6) is 0.957. The molecule has 0 saturated carbocycles. The van der Waals surface area contributed by atoms with Crippen LogP contribution < -0.4 is 10.6 Å². The lowest BCUT2D eigenvalue weighted by molar-refractivity contribution is -0.128. The van der Waals surface area contributed by atoms with Gasteiger partial charge in [0.1, 0.15) is 0 Å². The largest absolute Gasteiger partial charge is 0.357 e. The first kappa shape index (κ1) is 23.3. The Morgan fingerprint density at radius 1 is 1.06 bits per heavy atom. The van der Waals surface area contributed by atoms with Crippen LogP contribution in [0, 0.1) is 0 Å². The molecule has 32 heavy (non-hydrogen) atoms. The zero-order valence-electron chi connectivity index (χ0n) is 19.2. The molecule has 0 atom stereocenters. The molecule has 1 aliphatic rings. The molecule has 7 heteroatoms. The third-order valence-corrected chi connectivity index (χ3v) is 5.47. The van der Waals surface area contributed by atoms with Crippen LogP contribution in [0.25, 0.3) is 0 Å². The Morgan fingerprint density at radius 3 is 2.41 bits per heavy atom. The van der Waals surface area contributed by atoms with Gasteiger partial charge in [-0.1, -0.05) is 36.4 Å². The van der Waals surface area contributed by atoms with Gasteiger partial charge in [0.2, 0.25) is 5.91 Å². The fourth-order valence-electron chi connectivity index (χ4n) is 3.66. The number of amides is 2. The molecular weight excluding hydrogens is 402 g/mol. The summed E-state index contributed by atoms with van der Waals surface area (Å²) in [6, 6.07) is 15.8. The molecule has 0 aliphatic carbocycles. The average Bonchev–Trinajstić information content (AvgIpc) is 3.20. The average molecular weight is 436 g/mol. The molecule has 7 nitrogen and oxygen atoms in total. The highest BCUT2D eigenvalue weighted by atomic mass is 16.2. The maximum absolute atomic E-state index is 12.0. The van der Waals surface area contributed by atoms with Crippen LogP contribution in [-0.4, -0.2) is 54.8 Å². The van der Waals surface area contributed by atoms with E-state index in [1.54, 1.807) is 19.0 Å². The molecule has 170 valence electrons. The molecule has 0 spiro atoms. The van der Waals surface area contributed by atoms with Crippen LogP contribution in [0.15, 0.2) is 53.5 Å². The number of benzene rings is 2. The van der Waals surface area contributed by atoms with Crippen molar-refractivity contribution in [1.29, 1.82) is 0 Å². The van der Waals surface area contributed by atoms with Crippen molar-refractivity contribution in [3.8, 4) is 0 Å². The fourth-order valence-corrected chi connectivity index (χ4v) is 3.66. The number of likely N-dealkylation sites (tertiary alicyclic amines) is 1. The van der Waals surface area contributed by atoms with E-state index in [-0.39, 0.29) is 11.8 Å².